The molecule has 0 aliphatic rings. The molecule has 0 aliphatic carbocycles. The maximum atomic E-state index is 8.83. The first-order valence-corrected chi connectivity index (χ1v) is 6.91. The van der Waals surface area contributed by atoms with Gasteiger partial charge in [0.2, 0.25) is 0 Å². The first-order chi connectivity index (χ1) is 9.78. The molecule has 1 atom stereocenters. The highest BCUT2D eigenvalue weighted by Gasteiger charge is 2.05. The lowest BCUT2D eigenvalue weighted by molar-refractivity contribution is 0.259. The summed E-state index contributed by atoms with van der Waals surface area (Å²) in [4.78, 5) is 0. The number of furan rings is 1. The van der Waals surface area contributed by atoms with Gasteiger partial charge in [-0.25, -0.2) is 0 Å². The number of nitrogens with one attached hydrogen (secondary N) is 1. The third-order valence-corrected chi connectivity index (χ3v) is 3.01. The predicted molar refractivity (Wildman–Crippen MR) is 77.8 cm³/mol. The standard InChI is InChI=1S/C16H21NO3/c1-13(9-10-18)11-17-12-15-7-8-16(20-15)19-14-5-3-2-4-6-14/h2-8,13,17-18H,9-12H2,1H3. The van der Waals surface area contributed by atoms with Crippen LogP contribution in [0, 0.1) is 5.92 Å². The van der Waals surface area contributed by atoms with Gasteiger partial charge in [0, 0.05) is 12.7 Å². The van der Waals surface area contributed by atoms with Gasteiger partial charge in [0.05, 0.1) is 6.54 Å². The zero-order chi connectivity index (χ0) is 14.2. The quantitative estimate of drug-likeness (QED) is 0.777. The van der Waals surface area contributed by atoms with E-state index < -0.39 is 0 Å². The van der Waals surface area contributed by atoms with Crippen molar-refractivity contribution in [3.05, 3.63) is 48.2 Å². The van der Waals surface area contributed by atoms with Crippen molar-refractivity contribution in [1.82, 2.24) is 5.32 Å². The molecule has 0 saturated heterocycles. The smallest absolute Gasteiger partial charge is 0.290 e. The maximum absolute atomic E-state index is 8.83. The first kappa shape index (κ1) is 14.6. The Bertz CT molecular complexity index is 495. The van der Waals surface area contributed by atoms with Gasteiger partial charge >= 0.3 is 0 Å². The summed E-state index contributed by atoms with van der Waals surface area (Å²) in [5.74, 6) is 2.55. The molecule has 0 spiro atoms. The summed E-state index contributed by atoms with van der Waals surface area (Å²) in [5, 5.41) is 12.1. The second-order valence-corrected chi connectivity index (χ2v) is 4.88. The summed E-state index contributed by atoms with van der Waals surface area (Å²) in [6.07, 6.45) is 0.813. The van der Waals surface area contributed by atoms with Crippen LogP contribution in [-0.4, -0.2) is 18.3 Å². The number of hydrogen-bond acceptors (Lipinski definition) is 4. The highest BCUT2D eigenvalue weighted by Crippen LogP contribution is 2.23. The van der Waals surface area contributed by atoms with Gasteiger partial charge in [0.25, 0.3) is 5.95 Å². The molecule has 0 bridgehead atoms. The molecule has 0 saturated carbocycles. The molecule has 108 valence electrons. The topological polar surface area (TPSA) is 54.6 Å². The van der Waals surface area contributed by atoms with E-state index >= 15 is 0 Å². The summed E-state index contributed by atoms with van der Waals surface area (Å²) in [6.45, 7) is 3.86. The largest absolute Gasteiger partial charge is 0.429 e. The molecule has 4 heteroatoms. The van der Waals surface area contributed by atoms with Crippen molar-refractivity contribution in [1.29, 1.82) is 0 Å². The summed E-state index contributed by atoms with van der Waals surface area (Å²) >= 11 is 0. The van der Waals surface area contributed by atoms with Crippen LogP contribution >= 0.6 is 0 Å². The van der Waals surface area contributed by atoms with Crippen LogP contribution in [0.2, 0.25) is 0 Å². The molecular formula is C16H21NO3. The monoisotopic (exact) mass is 275 g/mol. The molecule has 1 aromatic heterocycles. The van der Waals surface area contributed by atoms with Crippen LogP contribution in [-0.2, 0) is 6.54 Å². The van der Waals surface area contributed by atoms with E-state index in [1.165, 1.54) is 0 Å². The summed E-state index contributed by atoms with van der Waals surface area (Å²) < 4.78 is 11.2. The Balaban J connectivity index is 1.78. The molecule has 0 radical (unpaired) electrons. The van der Waals surface area contributed by atoms with Crippen LogP contribution in [0.25, 0.3) is 0 Å². The number of hydrogen-bond donors (Lipinski definition) is 2. The minimum atomic E-state index is 0.235. The fourth-order valence-electron chi connectivity index (χ4n) is 1.88. The Labute approximate surface area is 119 Å². The van der Waals surface area contributed by atoms with Crippen LogP contribution in [0.3, 0.4) is 0 Å². The van der Waals surface area contributed by atoms with Gasteiger partial charge in [-0.3, -0.25) is 0 Å². The molecule has 2 rings (SSSR count). The Morgan fingerprint density at radius 2 is 2.00 bits per heavy atom. The second-order valence-electron chi connectivity index (χ2n) is 4.88. The van der Waals surface area contributed by atoms with E-state index in [4.69, 9.17) is 14.3 Å². The Kier molecular flexibility index (Phi) is 5.65. The minimum Gasteiger partial charge on any atom is -0.429 e. The molecule has 0 fully saturated rings. The summed E-state index contributed by atoms with van der Waals surface area (Å²) in [7, 11) is 0. The maximum Gasteiger partial charge on any atom is 0.290 e. The van der Waals surface area contributed by atoms with Crippen molar-refractivity contribution in [2.45, 2.75) is 19.9 Å². The van der Waals surface area contributed by atoms with Crippen LogP contribution in [0.1, 0.15) is 19.1 Å². The van der Waals surface area contributed by atoms with Crippen molar-refractivity contribution < 1.29 is 14.3 Å². The van der Waals surface area contributed by atoms with E-state index in [0.29, 0.717) is 18.4 Å². The van der Waals surface area contributed by atoms with Crippen molar-refractivity contribution in [2.24, 2.45) is 5.92 Å². The van der Waals surface area contributed by atoms with Gasteiger partial charge in [-0.15, -0.1) is 0 Å². The number of aliphatic hydroxyl groups excluding tert-OH is 1. The number of benzene rings is 1. The molecule has 2 aromatic rings. The molecule has 0 aliphatic heterocycles. The molecule has 4 nitrogen and oxygen atoms in total. The highest BCUT2D eigenvalue weighted by molar-refractivity contribution is 5.26. The Morgan fingerprint density at radius 3 is 2.75 bits per heavy atom. The molecule has 20 heavy (non-hydrogen) atoms. The van der Waals surface area contributed by atoms with Gasteiger partial charge in [0.15, 0.2) is 0 Å². The third-order valence-electron chi connectivity index (χ3n) is 3.01. The van der Waals surface area contributed by atoms with Crippen molar-refractivity contribution in [2.75, 3.05) is 13.2 Å². The van der Waals surface area contributed by atoms with E-state index in [2.05, 4.69) is 12.2 Å². The van der Waals surface area contributed by atoms with Gasteiger partial charge < -0.3 is 19.6 Å². The van der Waals surface area contributed by atoms with E-state index in [0.717, 1.165) is 24.5 Å². The van der Waals surface area contributed by atoms with Crippen molar-refractivity contribution in [3.63, 3.8) is 0 Å². The molecule has 1 aromatic carbocycles. The fraction of sp³-hybridized carbons (Fsp3) is 0.375. The van der Waals surface area contributed by atoms with Crippen molar-refractivity contribution >= 4 is 0 Å². The van der Waals surface area contributed by atoms with Gasteiger partial charge in [0.1, 0.15) is 11.5 Å². The average Bonchev–Trinajstić information content (AvgIpc) is 2.88. The highest BCUT2D eigenvalue weighted by atomic mass is 16.6. The van der Waals surface area contributed by atoms with E-state index in [-0.39, 0.29) is 6.61 Å². The lowest BCUT2D eigenvalue weighted by Crippen LogP contribution is -2.21. The second kappa shape index (κ2) is 7.72. The van der Waals surface area contributed by atoms with E-state index in [9.17, 15) is 0 Å². The minimum absolute atomic E-state index is 0.235. The number of rotatable bonds is 8. The summed E-state index contributed by atoms with van der Waals surface area (Å²) in [6, 6.07) is 13.3. The third kappa shape index (κ3) is 4.72. The van der Waals surface area contributed by atoms with Gasteiger partial charge in [-0.05, 0) is 37.1 Å². The first-order valence-electron chi connectivity index (χ1n) is 6.91. The fourth-order valence-corrected chi connectivity index (χ4v) is 1.88. The van der Waals surface area contributed by atoms with E-state index in [1.807, 2.05) is 42.5 Å². The van der Waals surface area contributed by atoms with Crippen LogP contribution in [0.5, 0.6) is 11.7 Å². The zero-order valence-corrected chi connectivity index (χ0v) is 11.7. The molecule has 1 heterocycles. The molecule has 1 unspecified atom stereocenters. The van der Waals surface area contributed by atoms with Crippen LogP contribution in [0.15, 0.2) is 46.9 Å². The zero-order valence-electron chi connectivity index (χ0n) is 11.7. The lowest BCUT2D eigenvalue weighted by atomic mass is 10.1. The van der Waals surface area contributed by atoms with Crippen LogP contribution in [0.4, 0.5) is 0 Å². The normalized spacial score (nSPS) is 12.3. The van der Waals surface area contributed by atoms with Gasteiger partial charge in [-0.2, -0.15) is 0 Å². The number of aliphatic hydroxyl groups is 1. The number of para-hydroxylation sites is 1. The van der Waals surface area contributed by atoms with Crippen LogP contribution < -0.4 is 10.1 Å². The molecule has 0 amide bonds. The Morgan fingerprint density at radius 1 is 1.20 bits per heavy atom. The summed E-state index contributed by atoms with van der Waals surface area (Å²) in [5.41, 5.74) is 0. The van der Waals surface area contributed by atoms with Gasteiger partial charge in [-0.1, -0.05) is 25.1 Å². The average molecular weight is 275 g/mol. The molecular weight excluding hydrogens is 254 g/mol. The SMILES string of the molecule is CC(CCO)CNCc1ccc(Oc2ccccc2)o1. The Hall–Kier alpha value is -1.78. The number of ether oxygens (including phenoxy) is 1. The van der Waals surface area contributed by atoms with E-state index in [1.54, 1.807) is 0 Å². The van der Waals surface area contributed by atoms with Crippen molar-refractivity contribution in [3.8, 4) is 11.7 Å². The molecule has 2 N–H and O–H groups in total. The lowest BCUT2D eigenvalue weighted by Gasteiger charge is -2.09. The predicted octanol–water partition coefficient (Wildman–Crippen LogP) is 3.18.